The van der Waals surface area contributed by atoms with Crippen molar-refractivity contribution >= 4 is 15.9 Å². The average Bonchev–Trinajstić information content (AvgIpc) is 2.45. The van der Waals surface area contributed by atoms with Crippen LogP contribution in [0, 0.1) is 5.82 Å². The maximum Gasteiger partial charge on any atom is 0.128 e. The minimum atomic E-state index is -0.731. The van der Waals surface area contributed by atoms with Gasteiger partial charge in [-0.15, -0.1) is 0 Å². The lowest BCUT2D eigenvalue weighted by Gasteiger charge is -2.15. The Kier molecular flexibility index (Phi) is 5.20. The summed E-state index contributed by atoms with van der Waals surface area (Å²) in [5, 5.41) is 9.70. The molecule has 0 radical (unpaired) electrons. The summed E-state index contributed by atoms with van der Waals surface area (Å²) in [6.45, 7) is 1.82. The number of hydrogen-bond acceptors (Lipinski definition) is 3. The van der Waals surface area contributed by atoms with Gasteiger partial charge in [-0.05, 0) is 37.3 Å². The minimum Gasteiger partial charge on any atom is -0.496 e. The van der Waals surface area contributed by atoms with E-state index < -0.39 is 11.9 Å². The second kappa shape index (κ2) is 6.91. The molecule has 0 saturated heterocycles. The van der Waals surface area contributed by atoms with E-state index in [1.165, 1.54) is 18.2 Å². The molecule has 1 N–H and O–H groups in total. The van der Waals surface area contributed by atoms with E-state index in [1.807, 2.05) is 18.2 Å². The first-order chi connectivity index (χ1) is 10.0. The third kappa shape index (κ3) is 3.95. The number of halogens is 2. The molecule has 0 saturated carbocycles. The Morgan fingerprint density at radius 1 is 1.19 bits per heavy atom. The molecule has 1 unspecified atom stereocenters. The molecule has 21 heavy (non-hydrogen) atoms. The van der Waals surface area contributed by atoms with Gasteiger partial charge in [0, 0.05) is 21.7 Å². The highest BCUT2D eigenvalue weighted by Gasteiger charge is 2.12. The summed E-state index contributed by atoms with van der Waals surface area (Å²) in [5.74, 6) is 0.607. The molecule has 112 valence electrons. The molecular weight excluding hydrogens is 339 g/mol. The van der Waals surface area contributed by atoms with E-state index in [1.54, 1.807) is 14.0 Å². The molecule has 0 aliphatic carbocycles. The molecule has 0 heterocycles. The highest BCUT2D eigenvalue weighted by Crippen LogP contribution is 2.29. The van der Waals surface area contributed by atoms with E-state index >= 15 is 0 Å². The lowest BCUT2D eigenvalue weighted by molar-refractivity contribution is 0.189. The predicted octanol–water partition coefficient (Wildman–Crippen LogP) is 4.23. The van der Waals surface area contributed by atoms with E-state index in [0.717, 1.165) is 10.0 Å². The van der Waals surface area contributed by atoms with Crippen molar-refractivity contribution in [2.75, 3.05) is 7.11 Å². The molecule has 0 spiro atoms. The molecule has 0 aliphatic rings. The molecule has 0 bridgehead atoms. The fraction of sp³-hybridized carbons (Fsp3) is 0.250. The second-order valence-corrected chi connectivity index (χ2v) is 5.52. The first kappa shape index (κ1) is 15.8. The van der Waals surface area contributed by atoms with E-state index in [4.69, 9.17) is 9.47 Å². The molecule has 0 aliphatic heterocycles. The van der Waals surface area contributed by atoms with Gasteiger partial charge in [0.1, 0.15) is 23.9 Å². The molecule has 0 aromatic heterocycles. The van der Waals surface area contributed by atoms with Gasteiger partial charge in [-0.25, -0.2) is 4.39 Å². The van der Waals surface area contributed by atoms with Crippen LogP contribution in [-0.2, 0) is 6.61 Å². The Morgan fingerprint density at radius 3 is 2.62 bits per heavy atom. The van der Waals surface area contributed by atoms with Crippen molar-refractivity contribution in [3.8, 4) is 11.5 Å². The highest BCUT2D eigenvalue weighted by molar-refractivity contribution is 9.10. The predicted molar refractivity (Wildman–Crippen MR) is 82.1 cm³/mol. The quantitative estimate of drug-likeness (QED) is 0.873. The van der Waals surface area contributed by atoms with Crippen LogP contribution in [0.1, 0.15) is 24.2 Å². The first-order valence-corrected chi connectivity index (χ1v) is 7.23. The number of ether oxygens (including phenoxy) is 2. The van der Waals surface area contributed by atoms with Crippen molar-refractivity contribution in [2.45, 2.75) is 19.6 Å². The summed E-state index contributed by atoms with van der Waals surface area (Å²) >= 11 is 3.39. The smallest absolute Gasteiger partial charge is 0.128 e. The Labute approximate surface area is 131 Å². The first-order valence-electron chi connectivity index (χ1n) is 6.44. The molecule has 2 aromatic carbocycles. The van der Waals surface area contributed by atoms with Crippen LogP contribution < -0.4 is 9.47 Å². The summed E-state index contributed by atoms with van der Waals surface area (Å²) < 4.78 is 25.2. The number of benzene rings is 2. The number of aliphatic hydroxyl groups excluding tert-OH is 1. The monoisotopic (exact) mass is 354 g/mol. The molecule has 0 amide bonds. The Bertz CT molecular complexity index is 629. The maximum absolute atomic E-state index is 13.4. The van der Waals surface area contributed by atoms with Crippen LogP contribution in [0.2, 0.25) is 0 Å². The van der Waals surface area contributed by atoms with Gasteiger partial charge in [0.25, 0.3) is 0 Å². The molecule has 3 nitrogen and oxygen atoms in total. The summed E-state index contributed by atoms with van der Waals surface area (Å²) in [5.41, 5.74) is 1.37. The van der Waals surface area contributed by atoms with Crippen molar-refractivity contribution in [2.24, 2.45) is 0 Å². The largest absolute Gasteiger partial charge is 0.496 e. The van der Waals surface area contributed by atoms with Crippen molar-refractivity contribution in [1.29, 1.82) is 0 Å². The Hall–Kier alpha value is -1.59. The summed E-state index contributed by atoms with van der Waals surface area (Å²) in [7, 11) is 1.58. The van der Waals surface area contributed by atoms with Gasteiger partial charge in [-0.1, -0.05) is 15.9 Å². The van der Waals surface area contributed by atoms with Crippen LogP contribution in [0.4, 0.5) is 4.39 Å². The topological polar surface area (TPSA) is 38.7 Å². The highest BCUT2D eigenvalue weighted by atomic mass is 79.9. The van der Waals surface area contributed by atoms with E-state index in [9.17, 15) is 9.50 Å². The normalized spacial score (nSPS) is 12.0. The molecule has 5 heteroatoms. The third-order valence-electron chi connectivity index (χ3n) is 3.05. The van der Waals surface area contributed by atoms with Crippen molar-refractivity contribution in [3.63, 3.8) is 0 Å². The molecule has 1 atom stereocenters. The molecule has 2 rings (SSSR count). The van der Waals surface area contributed by atoms with Crippen molar-refractivity contribution in [1.82, 2.24) is 0 Å². The van der Waals surface area contributed by atoms with Crippen molar-refractivity contribution < 1.29 is 19.0 Å². The standard InChI is InChI=1S/C16H16BrFO3/c1-10(19)14-5-4-13(18)8-16(14)21-9-11-7-12(17)3-6-15(11)20-2/h3-8,10,19H,9H2,1-2H3. The summed E-state index contributed by atoms with van der Waals surface area (Å²) in [6.07, 6.45) is -0.731. The molecule has 0 fully saturated rings. The second-order valence-electron chi connectivity index (χ2n) is 4.60. The summed E-state index contributed by atoms with van der Waals surface area (Å²) in [6, 6.07) is 9.66. The van der Waals surface area contributed by atoms with E-state index in [-0.39, 0.29) is 6.61 Å². The SMILES string of the molecule is COc1ccc(Br)cc1COc1cc(F)ccc1C(C)O. The van der Waals surface area contributed by atoms with Gasteiger partial charge >= 0.3 is 0 Å². The number of rotatable bonds is 5. The van der Waals surface area contributed by atoms with E-state index in [0.29, 0.717) is 17.1 Å². The Balaban J connectivity index is 2.24. The van der Waals surface area contributed by atoms with Gasteiger partial charge in [-0.2, -0.15) is 0 Å². The zero-order valence-electron chi connectivity index (χ0n) is 11.8. The molecular formula is C16H16BrFO3. The average molecular weight is 355 g/mol. The lowest BCUT2D eigenvalue weighted by Crippen LogP contribution is -2.03. The number of aliphatic hydroxyl groups is 1. The lowest BCUT2D eigenvalue weighted by atomic mass is 10.1. The summed E-state index contributed by atoms with van der Waals surface area (Å²) in [4.78, 5) is 0. The number of hydrogen-bond donors (Lipinski definition) is 1. The van der Waals surface area contributed by atoms with Gasteiger partial charge < -0.3 is 14.6 Å². The van der Waals surface area contributed by atoms with Crippen LogP contribution in [0.25, 0.3) is 0 Å². The van der Waals surface area contributed by atoms with E-state index in [2.05, 4.69) is 15.9 Å². The fourth-order valence-electron chi connectivity index (χ4n) is 1.99. The maximum atomic E-state index is 13.4. The number of methoxy groups -OCH3 is 1. The zero-order chi connectivity index (χ0) is 15.4. The van der Waals surface area contributed by atoms with Gasteiger partial charge in [-0.3, -0.25) is 0 Å². The third-order valence-corrected chi connectivity index (χ3v) is 3.54. The van der Waals surface area contributed by atoms with Crippen LogP contribution in [0.3, 0.4) is 0 Å². The van der Waals surface area contributed by atoms with Gasteiger partial charge in [0.2, 0.25) is 0 Å². The molecule has 2 aromatic rings. The minimum absolute atomic E-state index is 0.214. The van der Waals surface area contributed by atoms with Gasteiger partial charge in [0.05, 0.1) is 13.2 Å². The Morgan fingerprint density at radius 2 is 1.95 bits per heavy atom. The van der Waals surface area contributed by atoms with Crippen LogP contribution >= 0.6 is 15.9 Å². The van der Waals surface area contributed by atoms with Crippen molar-refractivity contribution in [3.05, 3.63) is 57.8 Å². The van der Waals surface area contributed by atoms with Crippen LogP contribution in [0.5, 0.6) is 11.5 Å². The van der Waals surface area contributed by atoms with Crippen LogP contribution in [0.15, 0.2) is 40.9 Å². The van der Waals surface area contributed by atoms with Gasteiger partial charge in [0.15, 0.2) is 0 Å². The zero-order valence-corrected chi connectivity index (χ0v) is 13.4. The fourth-order valence-corrected chi connectivity index (χ4v) is 2.40. The van der Waals surface area contributed by atoms with Crippen LogP contribution in [-0.4, -0.2) is 12.2 Å².